The second kappa shape index (κ2) is 3.32. The predicted molar refractivity (Wildman–Crippen MR) is 37.8 cm³/mol. The molecule has 11 heavy (non-hydrogen) atoms. The van der Waals surface area contributed by atoms with Crippen LogP contribution in [0.2, 0.25) is 0 Å². The van der Waals surface area contributed by atoms with Gasteiger partial charge in [0, 0.05) is 13.0 Å². The Morgan fingerprint density at radius 1 is 1.36 bits per heavy atom. The summed E-state index contributed by atoms with van der Waals surface area (Å²) in [5.74, 6) is 0. The third-order valence-corrected chi connectivity index (χ3v) is 1.52. The van der Waals surface area contributed by atoms with Crippen molar-refractivity contribution in [1.29, 1.82) is 0 Å². The maximum Gasteiger partial charge on any atom is 0.158 e. The molecule has 0 aromatic rings. The minimum Gasteiger partial charge on any atom is -0.396 e. The van der Waals surface area contributed by atoms with E-state index in [2.05, 4.69) is 0 Å². The Morgan fingerprint density at radius 3 is 2.36 bits per heavy atom. The molecule has 0 heterocycles. The van der Waals surface area contributed by atoms with Gasteiger partial charge in [-0.1, -0.05) is 0 Å². The fourth-order valence-electron chi connectivity index (χ4n) is 0.737. The Hall–Kier alpha value is -0.420. The number of hydrogen-bond donors (Lipinski definition) is 3. The van der Waals surface area contributed by atoms with E-state index in [1.807, 2.05) is 0 Å². The molecule has 0 bridgehead atoms. The molecule has 64 valence electrons. The van der Waals surface area contributed by atoms with Crippen LogP contribution in [0.1, 0.15) is 6.42 Å². The van der Waals surface area contributed by atoms with E-state index in [1.54, 1.807) is 12.2 Å². The average Bonchev–Trinajstić information content (AvgIpc) is 2.70. The Kier molecular flexibility index (Phi) is 2.62. The van der Waals surface area contributed by atoms with Gasteiger partial charge < -0.3 is 20.1 Å². The molecule has 0 aromatic heterocycles. The highest BCUT2D eigenvalue weighted by atomic mass is 16.6. The van der Waals surface area contributed by atoms with Gasteiger partial charge in [-0.15, -0.1) is 0 Å². The molecule has 0 amide bonds. The maximum atomic E-state index is 9.02. The lowest BCUT2D eigenvalue weighted by atomic mass is 10.3. The highest BCUT2D eigenvalue weighted by molar-refractivity contribution is 5.30. The first-order chi connectivity index (χ1) is 5.22. The quantitative estimate of drug-likeness (QED) is 0.356. The molecule has 1 atom stereocenters. The molecule has 1 aliphatic carbocycles. The first kappa shape index (κ1) is 8.67. The molecule has 4 heteroatoms. The second-order valence-corrected chi connectivity index (χ2v) is 2.53. The van der Waals surface area contributed by atoms with Crippen LogP contribution in [0.5, 0.6) is 0 Å². The monoisotopic (exact) mass is 160 g/mol. The van der Waals surface area contributed by atoms with Crippen LogP contribution < -0.4 is 0 Å². The van der Waals surface area contributed by atoms with Crippen molar-refractivity contribution in [2.75, 3.05) is 13.2 Å². The summed E-state index contributed by atoms with van der Waals surface area (Å²) in [6.07, 6.45) is 2.49. The van der Waals surface area contributed by atoms with Crippen molar-refractivity contribution in [2.45, 2.75) is 18.3 Å². The molecule has 3 N–H and O–H groups in total. The number of ether oxygens (including phenoxy) is 1. The molecule has 4 nitrogen and oxygen atoms in total. The van der Waals surface area contributed by atoms with Gasteiger partial charge in [-0.3, -0.25) is 0 Å². The summed E-state index contributed by atoms with van der Waals surface area (Å²) in [6.45, 7) is -0.280. The number of hydrogen-bond acceptors (Lipinski definition) is 4. The van der Waals surface area contributed by atoms with Crippen molar-refractivity contribution in [3.05, 3.63) is 12.2 Å². The van der Waals surface area contributed by atoms with Gasteiger partial charge >= 0.3 is 0 Å². The third-order valence-electron chi connectivity index (χ3n) is 1.52. The van der Waals surface area contributed by atoms with E-state index >= 15 is 0 Å². The second-order valence-electron chi connectivity index (χ2n) is 2.53. The first-order valence-electron chi connectivity index (χ1n) is 3.50. The van der Waals surface area contributed by atoms with E-state index in [0.717, 1.165) is 0 Å². The van der Waals surface area contributed by atoms with Crippen LogP contribution in [0.4, 0.5) is 0 Å². The lowest BCUT2D eigenvalue weighted by molar-refractivity contribution is -0.155. The van der Waals surface area contributed by atoms with Crippen LogP contribution in [-0.4, -0.2) is 40.4 Å². The fourth-order valence-corrected chi connectivity index (χ4v) is 0.737. The lowest BCUT2D eigenvalue weighted by Gasteiger charge is -2.18. The molecular formula is C7H12O4. The van der Waals surface area contributed by atoms with Crippen molar-refractivity contribution < 1.29 is 20.1 Å². The normalized spacial score (nSPS) is 21.7. The Labute approximate surface area is 64.7 Å². The van der Waals surface area contributed by atoms with E-state index in [4.69, 9.17) is 20.1 Å². The molecular weight excluding hydrogens is 148 g/mol. The van der Waals surface area contributed by atoms with Crippen LogP contribution >= 0.6 is 0 Å². The molecule has 0 saturated carbocycles. The Morgan fingerprint density at radius 2 is 2.00 bits per heavy atom. The van der Waals surface area contributed by atoms with Crippen LogP contribution in [0, 0.1) is 0 Å². The molecule has 0 saturated heterocycles. The van der Waals surface area contributed by atoms with Gasteiger partial charge in [-0.05, 0) is 12.2 Å². The summed E-state index contributed by atoms with van der Waals surface area (Å²) in [6, 6.07) is 0. The topological polar surface area (TPSA) is 69.9 Å². The van der Waals surface area contributed by atoms with Crippen LogP contribution in [0.15, 0.2) is 12.2 Å². The molecule has 0 fully saturated rings. The van der Waals surface area contributed by atoms with E-state index in [0.29, 0.717) is 0 Å². The highest BCUT2D eigenvalue weighted by Crippen LogP contribution is 2.28. The summed E-state index contributed by atoms with van der Waals surface area (Å²) in [7, 11) is 0. The highest BCUT2D eigenvalue weighted by Gasteiger charge is 2.36. The Balaban J connectivity index is 2.19. The van der Waals surface area contributed by atoms with Crippen LogP contribution in [0.25, 0.3) is 0 Å². The summed E-state index contributed by atoms with van der Waals surface area (Å²) in [5.41, 5.74) is -0.741. The van der Waals surface area contributed by atoms with Crippen LogP contribution in [-0.2, 0) is 4.74 Å². The zero-order valence-electron chi connectivity index (χ0n) is 6.10. The number of aliphatic hydroxyl groups is 3. The fraction of sp³-hybridized carbons (Fsp3) is 0.714. The maximum absolute atomic E-state index is 9.02. The van der Waals surface area contributed by atoms with Crippen molar-refractivity contribution in [1.82, 2.24) is 0 Å². The molecule has 1 aliphatic rings. The summed E-state index contributed by atoms with van der Waals surface area (Å²) >= 11 is 0. The standard InChI is InChI=1S/C7H12O4/c8-4-1-6(10)11-7(5-9)2-3-7/h2-3,6,8-10H,1,4-5H2. The summed E-state index contributed by atoms with van der Waals surface area (Å²) in [5, 5.41) is 26.1. The smallest absolute Gasteiger partial charge is 0.158 e. The van der Waals surface area contributed by atoms with E-state index < -0.39 is 11.9 Å². The largest absolute Gasteiger partial charge is 0.396 e. The van der Waals surface area contributed by atoms with Gasteiger partial charge in [-0.2, -0.15) is 0 Å². The zero-order chi connectivity index (χ0) is 8.32. The molecule has 0 radical (unpaired) electrons. The average molecular weight is 160 g/mol. The van der Waals surface area contributed by atoms with Gasteiger partial charge in [0.15, 0.2) is 6.29 Å². The molecule has 0 aliphatic heterocycles. The molecule has 1 unspecified atom stereocenters. The van der Waals surface area contributed by atoms with E-state index in [9.17, 15) is 0 Å². The van der Waals surface area contributed by atoms with Gasteiger partial charge in [0.25, 0.3) is 0 Å². The minimum absolute atomic E-state index is 0.122. The van der Waals surface area contributed by atoms with Crippen molar-refractivity contribution >= 4 is 0 Å². The first-order valence-corrected chi connectivity index (χ1v) is 3.50. The number of aliphatic hydroxyl groups excluding tert-OH is 3. The molecule has 1 rings (SSSR count). The minimum atomic E-state index is -0.998. The van der Waals surface area contributed by atoms with Crippen LogP contribution in [0.3, 0.4) is 0 Å². The number of rotatable bonds is 5. The van der Waals surface area contributed by atoms with E-state index in [-0.39, 0.29) is 19.6 Å². The van der Waals surface area contributed by atoms with E-state index in [1.165, 1.54) is 0 Å². The van der Waals surface area contributed by atoms with Gasteiger partial charge in [-0.25, -0.2) is 0 Å². The molecule has 0 aromatic carbocycles. The van der Waals surface area contributed by atoms with Gasteiger partial charge in [0.05, 0.1) is 6.61 Å². The summed E-state index contributed by atoms with van der Waals surface area (Å²) in [4.78, 5) is 0. The molecule has 0 spiro atoms. The lowest BCUT2D eigenvalue weighted by Crippen LogP contribution is -2.28. The predicted octanol–water partition coefficient (Wildman–Crippen LogP) is -0.995. The Bertz CT molecular complexity index is 149. The third kappa shape index (κ3) is 2.27. The summed E-state index contributed by atoms with van der Waals surface area (Å²) < 4.78 is 4.97. The van der Waals surface area contributed by atoms with Gasteiger partial charge in [0.1, 0.15) is 5.60 Å². The zero-order valence-corrected chi connectivity index (χ0v) is 6.10. The van der Waals surface area contributed by atoms with Crippen molar-refractivity contribution in [2.24, 2.45) is 0 Å². The van der Waals surface area contributed by atoms with Gasteiger partial charge in [0.2, 0.25) is 0 Å². The van der Waals surface area contributed by atoms with Crippen molar-refractivity contribution in [3.8, 4) is 0 Å². The SMILES string of the molecule is OCCC(O)OC1(CO)C=C1. The van der Waals surface area contributed by atoms with Crippen molar-refractivity contribution in [3.63, 3.8) is 0 Å².